The van der Waals surface area contributed by atoms with Crippen LogP contribution in [0.5, 0.6) is 0 Å². The van der Waals surface area contributed by atoms with Crippen LogP contribution in [0, 0.1) is 13.8 Å². The lowest BCUT2D eigenvalue weighted by molar-refractivity contribution is 0.102. The Hall–Kier alpha value is -2.07. The first-order valence-corrected chi connectivity index (χ1v) is 6.15. The molecule has 0 radical (unpaired) electrons. The molecular weight excluding hydrogens is 262 g/mol. The van der Waals surface area contributed by atoms with Gasteiger partial charge in [-0.15, -0.1) is 0 Å². The van der Waals surface area contributed by atoms with Crippen LogP contribution in [0.4, 0.5) is 11.4 Å². The fraction of sp³-hybridized carbons (Fsp3) is 0.143. The van der Waals surface area contributed by atoms with E-state index in [1.54, 1.807) is 12.1 Å². The Morgan fingerprint density at radius 3 is 2.58 bits per heavy atom. The summed E-state index contributed by atoms with van der Waals surface area (Å²) in [6.45, 7) is 3.93. The van der Waals surface area contributed by atoms with Crippen LogP contribution < -0.4 is 11.1 Å². The van der Waals surface area contributed by atoms with Crippen molar-refractivity contribution in [3.05, 3.63) is 52.3 Å². The number of aryl methyl sites for hydroxylation is 2. The SMILES string of the molecule is Cc1cc(N)c(NC(=O)c2ccc(Cl)cn2)cc1C. The minimum Gasteiger partial charge on any atom is -0.397 e. The number of hydrogen-bond donors (Lipinski definition) is 2. The monoisotopic (exact) mass is 275 g/mol. The van der Waals surface area contributed by atoms with Crippen molar-refractivity contribution in [3.8, 4) is 0 Å². The molecule has 5 heteroatoms. The highest BCUT2D eigenvalue weighted by Gasteiger charge is 2.10. The Bertz CT molecular complexity index is 623. The van der Waals surface area contributed by atoms with Gasteiger partial charge >= 0.3 is 0 Å². The molecule has 0 bridgehead atoms. The molecule has 98 valence electrons. The van der Waals surface area contributed by atoms with Crippen molar-refractivity contribution < 1.29 is 4.79 Å². The standard InChI is InChI=1S/C14H14ClN3O/c1-8-5-11(16)13(6-9(8)2)18-14(19)12-4-3-10(15)7-17-12/h3-7H,16H2,1-2H3,(H,18,19). The molecule has 1 aromatic carbocycles. The second-order valence-electron chi connectivity index (χ2n) is 4.34. The number of carbonyl (C=O) groups is 1. The Morgan fingerprint density at radius 2 is 1.95 bits per heavy atom. The van der Waals surface area contributed by atoms with E-state index in [1.165, 1.54) is 6.20 Å². The molecule has 0 atom stereocenters. The molecule has 0 aliphatic rings. The fourth-order valence-electron chi connectivity index (χ4n) is 1.64. The molecule has 0 aliphatic carbocycles. The first-order valence-electron chi connectivity index (χ1n) is 5.77. The van der Waals surface area contributed by atoms with Crippen molar-refractivity contribution in [1.29, 1.82) is 0 Å². The maximum Gasteiger partial charge on any atom is 0.274 e. The van der Waals surface area contributed by atoms with Gasteiger partial charge in [-0.3, -0.25) is 4.79 Å². The van der Waals surface area contributed by atoms with Crippen molar-refractivity contribution in [1.82, 2.24) is 4.98 Å². The van der Waals surface area contributed by atoms with Crippen LogP contribution >= 0.6 is 11.6 Å². The van der Waals surface area contributed by atoms with Gasteiger partial charge in [0.15, 0.2) is 0 Å². The Morgan fingerprint density at radius 1 is 1.26 bits per heavy atom. The average Bonchev–Trinajstić information content (AvgIpc) is 2.36. The molecule has 0 spiro atoms. The number of pyridine rings is 1. The van der Waals surface area contributed by atoms with Crippen molar-refractivity contribution in [3.63, 3.8) is 0 Å². The van der Waals surface area contributed by atoms with Gasteiger partial charge in [0.2, 0.25) is 0 Å². The molecule has 0 unspecified atom stereocenters. The van der Waals surface area contributed by atoms with E-state index in [4.69, 9.17) is 17.3 Å². The zero-order valence-corrected chi connectivity index (χ0v) is 11.5. The lowest BCUT2D eigenvalue weighted by Crippen LogP contribution is -2.14. The maximum atomic E-state index is 12.0. The third kappa shape index (κ3) is 3.03. The van der Waals surface area contributed by atoms with Gasteiger partial charge in [0, 0.05) is 6.20 Å². The molecule has 0 fully saturated rings. The third-order valence-electron chi connectivity index (χ3n) is 2.87. The summed E-state index contributed by atoms with van der Waals surface area (Å²) >= 11 is 5.73. The van der Waals surface area contributed by atoms with E-state index in [-0.39, 0.29) is 5.91 Å². The summed E-state index contributed by atoms with van der Waals surface area (Å²) in [5, 5.41) is 3.23. The molecule has 2 rings (SSSR count). The minimum absolute atomic E-state index is 0.294. The smallest absolute Gasteiger partial charge is 0.274 e. The normalized spacial score (nSPS) is 10.3. The number of nitrogens with two attached hydrogens (primary N) is 1. The molecular formula is C14H14ClN3O. The Labute approximate surface area is 116 Å². The summed E-state index contributed by atoms with van der Waals surface area (Å²) in [4.78, 5) is 16.0. The number of halogens is 1. The highest BCUT2D eigenvalue weighted by atomic mass is 35.5. The number of nitrogen functional groups attached to an aromatic ring is 1. The van der Waals surface area contributed by atoms with E-state index in [1.807, 2.05) is 26.0 Å². The number of carbonyl (C=O) groups excluding carboxylic acids is 1. The van der Waals surface area contributed by atoms with Crippen LogP contribution in [0.2, 0.25) is 5.02 Å². The molecule has 19 heavy (non-hydrogen) atoms. The van der Waals surface area contributed by atoms with Crippen LogP contribution in [-0.4, -0.2) is 10.9 Å². The van der Waals surface area contributed by atoms with Gasteiger partial charge in [-0.2, -0.15) is 0 Å². The number of nitrogens with one attached hydrogen (secondary N) is 1. The maximum absolute atomic E-state index is 12.0. The van der Waals surface area contributed by atoms with E-state index in [0.29, 0.717) is 22.1 Å². The summed E-state index contributed by atoms with van der Waals surface area (Å²) in [5.41, 5.74) is 9.45. The van der Waals surface area contributed by atoms with Crippen molar-refractivity contribution >= 4 is 28.9 Å². The topological polar surface area (TPSA) is 68.0 Å². The summed E-state index contributed by atoms with van der Waals surface area (Å²) in [7, 11) is 0. The first kappa shape index (κ1) is 13.4. The minimum atomic E-state index is -0.313. The highest BCUT2D eigenvalue weighted by Crippen LogP contribution is 2.23. The zero-order valence-electron chi connectivity index (χ0n) is 10.7. The van der Waals surface area contributed by atoms with E-state index in [9.17, 15) is 4.79 Å². The second-order valence-corrected chi connectivity index (χ2v) is 4.78. The number of rotatable bonds is 2. The van der Waals surface area contributed by atoms with Gasteiger partial charge in [0.1, 0.15) is 5.69 Å². The molecule has 1 aromatic heterocycles. The van der Waals surface area contributed by atoms with Crippen LogP contribution in [-0.2, 0) is 0 Å². The van der Waals surface area contributed by atoms with Crippen molar-refractivity contribution in [2.75, 3.05) is 11.1 Å². The molecule has 0 saturated carbocycles. The molecule has 3 N–H and O–H groups in total. The van der Waals surface area contributed by atoms with Crippen LogP contribution in [0.3, 0.4) is 0 Å². The average molecular weight is 276 g/mol. The molecule has 0 saturated heterocycles. The van der Waals surface area contributed by atoms with E-state index in [0.717, 1.165) is 11.1 Å². The molecule has 1 heterocycles. The molecule has 4 nitrogen and oxygen atoms in total. The van der Waals surface area contributed by atoms with E-state index < -0.39 is 0 Å². The van der Waals surface area contributed by atoms with E-state index in [2.05, 4.69) is 10.3 Å². The molecule has 0 aliphatic heterocycles. The predicted molar refractivity (Wildman–Crippen MR) is 77.5 cm³/mol. The number of hydrogen-bond acceptors (Lipinski definition) is 3. The summed E-state index contributed by atoms with van der Waals surface area (Å²) < 4.78 is 0. The number of nitrogens with zero attached hydrogens (tertiary/aromatic N) is 1. The van der Waals surface area contributed by atoms with Crippen molar-refractivity contribution in [2.24, 2.45) is 0 Å². The van der Waals surface area contributed by atoms with Gasteiger partial charge in [0.25, 0.3) is 5.91 Å². The van der Waals surface area contributed by atoms with Gasteiger partial charge in [-0.25, -0.2) is 4.98 Å². The van der Waals surface area contributed by atoms with Gasteiger partial charge in [-0.1, -0.05) is 11.6 Å². The van der Waals surface area contributed by atoms with Crippen LogP contribution in [0.15, 0.2) is 30.5 Å². The Kier molecular flexibility index (Phi) is 3.71. The van der Waals surface area contributed by atoms with Crippen molar-refractivity contribution in [2.45, 2.75) is 13.8 Å². The lowest BCUT2D eigenvalue weighted by atomic mass is 10.1. The zero-order chi connectivity index (χ0) is 14.0. The predicted octanol–water partition coefficient (Wildman–Crippen LogP) is 3.19. The number of amides is 1. The Balaban J connectivity index is 2.24. The first-order chi connectivity index (χ1) is 8.97. The quantitative estimate of drug-likeness (QED) is 0.827. The molecule has 2 aromatic rings. The summed E-state index contributed by atoms with van der Waals surface area (Å²) in [5.74, 6) is -0.313. The summed E-state index contributed by atoms with van der Waals surface area (Å²) in [6, 6.07) is 6.86. The molecule has 1 amide bonds. The van der Waals surface area contributed by atoms with E-state index >= 15 is 0 Å². The number of aromatic nitrogens is 1. The fourth-order valence-corrected chi connectivity index (χ4v) is 1.76. The van der Waals surface area contributed by atoms with Gasteiger partial charge in [-0.05, 0) is 49.2 Å². The van der Waals surface area contributed by atoms with Gasteiger partial charge < -0.3 is 11.1 Å². The largest absolute Gasteiger partial charge is 0.397 e. The van der Waals surface area contributed by atoms with Crippen LogP contribution in [0.1, 0.15) is 21.6 Å². The summed E-state index contributed by atoms with van der Waals surface area (Å²) in [6.07, 6.45) is 1.43. The second kappa shape index (κ2) is 5.28. The lowest BCUT2D eigenvalue weighted by Gasteiger charge is -2.10. The van der Waals surface area contributed by atoms with Crippen LogP contribution in [0.25, 0.3) is 0 Å². The number of anilines is 2. The third-order valence-corrected chi connectivity index (χ3v) is 3.10. The highest BCUT2D eigenvalue weighted by molar-refractivity contribution is 6.30. The number of benzene rings is 1. The van der Waals surface area contributed by atoms with Gasteiger partial charge in [0.05, 0.1) is 16.4 Å².